The Balaban J connectivity index is 2.54. The molecule has 1 aromatic carbocycles. The molecule has 0 radical (unpaired) electrons. The van der Waals surface area contributed by atoms with Gasteiger partial charge in [-0.1, -0.05) is 13.8 Å². The lowest BCUT2D eigenvalue weighted by Gasteiger charge is -2.26. The largest absolute Gasteiger partial charge is 0.396 e. The minimum atomic E-state index is -0.584. The van der Waals surface area contributed by atoms with Crippen LogP contribution in [-0.4, -0.2) is 36.2 Å². The summed E-state index contributed by atoms with van der Waals surface area (Å²) < 4.78 is 27.0. The number of urea groups is 1. The van der Waals surface area contributed by atoms with Gasteiger partial charge < -0.3 is 15.3 Å². The number of carbonyl (C=O) groups is 1. The number of nitrogens with one attached hydrogen (secondary N) is 1. The Morgan fingerprint density at radius 2 is 2.04 bits per heavy atom. The van der Waals surface area contributed by atoms with Gasteiger partial charge in [0.2, 0.25) is 0 Å². The van der Waals surface area contributed by atoms with Crippen LogP contribution in [0.2, 0.25) is 0 Å². The Kier molecular flexibility index (Phi) is 6.94. The van der Waals surface area contributed by atoms with Crippen LogP contribution >= 0.6 is 0 Å². The first-order valence-corrected chi connectivity index (χ1v) is 7.74. The van der Waals surface area contributed by atoms with Crippen LogP contribution in [0.15, 0.2) is 18.2 Å². The van der Waals surface area contributed by atoms with Gasteiger partial charge in [-0.25, -0.2) is 13.6 Å². The average Bonchev–Trinajstić information content (AvgIpc) is 2.52. The first-order chi connectivity index (χ1) is 10.7. The summed E-state index contributed by atoms with van der Waals surface area (Å²) >= 11 is 0. The second-order valence-electron chi connectivity index (χ2n) is 6.61. The van der Waals surface area contributed by atoms with E-state index in [1.807, 2.05) is 13.8 Å². The average molecular weight is 328 g/mol. The molecule has 1 unspecified atom stereocenters. The molecule has 0 fully saturated rings. The lowest BCUT2D eigenvalue weighted by atomic mass is 9.89. The van der Waals surface area contributed by atoms with Crippen LogP contribution in [-0.2, 0) is 0 Å². The first kappa shape index (κ1) is 19.4. The van der Waals surface area contributed by atoms with E-state index >= 15 is 0 Å². The van der Waals surface area contributed by atoms with Crippen molar-refractivity contribution in [1.29, 1.82) is 0 Å². The van der Waals surface area contributed by atoms with Gasteiger partial charge in [-0.15, -0.1) is 0 Å². The summed E-state index contributed by atoms with van der Waals surface area (Å²) in [4.78, 5) is 13.4. The topological polar surface area (TPSA) is 52.6 Å². The smallest absolute Gasteiger partial charge is 0.317 e. The molecule has 1 aromatic rings. The molecule has 0 bridgehead atoms. The quantitative estimate of drug-likeness (QED) is 0.753. The van der Waals surface area contributed by atoms with E-state index in [9.17, 15) is 18.7 Å². The Bertz CT molecular complexity index is 535. The van der Waals surface area contributed by atoms with Crippen molar-refractivity contribution in [3.63, 3.8) is 0 Å². The van der Waals surface area contributed by atoms with Gasteiger partial charge >= 0.3 is 6.03 Å². The summed E-state index contributed by atoms with van der Waals surface area (Å²) in [6, 6.07) is 2.29. The van der Waals surface area contributed by atoms with E-state index < -0.39 is 17.7 Å². The van der Waals surface area contributed by atoms with Crippen LogP contribution in [0.25, 0.3) is 0 Å². The summed E-state index contributed by atoms with van der Waals surface area (Å²) in [6.07, 6.45) is 1.51. The van der Waals surface area contributed by atoms with Gasteiger partial charge in [0.1, 0.15) is 11.6 Å². The molecule has 130 valence electrons. The second-order valence-corrected chi connectivity index (χ2v) is 6.61. The zero-order valence-corrected chi connectivity index (χ0v) is 14.2. The van der Waals surface area contributed by atoms with Crippen molar-refractivity contribution in [2.75, 3.05) is 20.2 Å². The summed E-state index contributed by atoms with van der Waals surface area (Å²) in [5.41, 5.74) is -0.0294. The molecule has 0 aliphatic heterocycles. The normalized spacial score (nSPS) is 12.8. The van der Waals surface area contributed by atoms with Crippen LogP contribution < -0.4 is 5.32 Å². The first-order valence-electron chi connectivity index (χ1n) is 7.74. The number of aliphatic hydroxyl groups excluding tert-OH is 1. The molecular weight excluding hydrogens is 302 g/mol. The van der Waals surface area contributed by atoms with Crippen molar-refractivity contribution in [1.82, 2.24) is 10.2 Å². The van der Waals surface area contributed by atoms with Gasteiger partial charge in [0.25, 0.3) is 0 Å². The van der Waals surface area contributed by atoms with Gasteiger partial charge in [-0.2, -0.15) is 0 Å². The highest BCUT2D eigenvalue weighted by Gasteiger charge is 2.21. The number of rotatable bonds is 7. The van der Waals surface area contributed by atoms with E-state index in [1.54, 1.807) is 14.0 Å². The summed E-state index contributed by atoms with van der Waals surface area (Å²) in [6.45, 7) is 6.11. The number of hydrogen-bond acceptors (Lipinski definition) is 2. The maximum atomic E-state index is 13.8. The van der Waals surface area contributed by atoms with Crippen molar-refractivity contribution in [3.8, 4) is 0 Å². The molecule has 0 saturated heterocycles. The SMILES string of the molecule is CC(c1cc(F)ccc1F)N(C)C(=O)NCCCC(C)(C)CO. The Morgan fingerprint density at radius 1 is 1.39 bits per heavy atom. The molecule has 0 saturated carbocycles. The monoisotopic (exact) mass is 328 g/mol. The zero-order chi connectivity index (χ0) is 17.6. The lowest BCUT2D eigenvalue weighted by Crippen LogP contribution is -2.39. The second kappa shape index (κ2) is 8.24. The third-order valence-electron chi connectivity index (χ3n) is 4.04. The fourth-order valence-corrected chi connectivity index (χ4v) is 2.19. The number of nitrogens with zero attached hydrogens (tertiary/aromatic N) is 1. The molecule has 0 aromatic heterocycles. The van der Waals surface area contributed by atoms with E-state index in [1.165, 1.54) is 4.90 Å². The Morgan fingerprint density at radius 3 is 2.65 bits per heavy atom. The molecule has 0 spiro atoms. The number of benzene rings is 1. The third kappa shape index (κ3) is 5.78. The summed E-state index contributed by atoms with van der Waals surface area (Å²) in [5.74, 6) is -1.07. The number of amides is 2. The van der Waals surface area contributed by atoms with E-state index in [0.29, 0.717) is 6.54 Å². The van der Waals surface area contributed by atoms with Gasteiger partial charge in [0.15, 0.2) is 0 Å². The highest BCUT2D eigenvalue weighted by Crippen LogP contribution is 2.23. The van der Waals surface area contributed by atoms with E-state index in [-0.39, 0.29) is 23.6 Å². The molecule has 0 aliphatic carbocycles. The predicted octanol–water partition coefficient (Wildman–Crippen LogP) is 3.47. The molecule has 6 heteroatoms. The van der Waals surface area contributed by atoms with Crippen molar-refractivity contribution < 1.29 is 18.7 Å². The lowest BCUT2D eigenvalue weighted by molar-refractivity contribution is 0.147. The van der Waals surface area contributed by atoms with Crippen molar-refractivity contribution >= 4 is 6.03 Å². The van der Waals surface area contributed by atoms with Gasteiger partial charge in [0.05, 0.1) is 6.04 Å². The molecular formula is C17H26F2N2O2. The van der Waals surface area contributed by atoms with E-state index in [2.05, 4.69) is 5.32 Å². The number of carbonyl (C=O) groups excluding carboxylic acids is 1. The van der Waals surface area contributed by atoms with Crippen LogP contribution in [0.3, 0.4) is 0 Å². The van der Waals surface area contributed by atoms with Gasteiger partial charge in [-0.05, 0) is 43.4 Å². The number of aliphatic hydroxyl groups is 1. The van der Waals surface area contributed by atoms with Crippen molar-refractivity contribution in [2.45, 2.75) is 39.7 Å². The molecule has 4 nitrogen and oxygen atoms in total. The molecule has 2 amide bonds. The number of hydrogen-bond donors (Lipinski definition) is 2. The fraction of sp³-hybridized carbons (Fsp3) is 0.588. The molecule has 23 heavy (non-hydrogen) atoms. The zero-order valence-electron chi connectivity index (χ0n) is 14.2. The molecule has 1 atom stereocenters. The van der Waals surface area contributed by atoms with Crippen molar-refractivity contribution in [2.24, 2.45) is 5.41 Å². The minimum absolute atomic E-state index is 0.0940. The van der Waals surface area contributed by atoms with Gasteiger partial charge in [0, 0.05) is 25.8 Å². The molecule has 2 N–H and O–H groups in total. The van der Waals surface area contributed by atoms with Crippen LogP contribution in [0, 0.1) is 17.0 Å². The van der Waals surface area contributed by atoms with Gasteiger partial charge in [-0.3, -0.25) is 0 Å². The van der Waals surface area contributed by atoms with Crippen molar-refractivity contribution in [3.05, 3.63) is 35.4 Å². The molecule has 0 heterocycles. The Hall–Kier alpha value is -1.69. The van der Waals surface area contributed by atoms with Crippen LogP contribution in [0.1, 0.15) is 45.2 Å². The summed E-state index contributed by atoms with van der Waals surface area (Å²) in [7, 11) is 1.54. The maximum Gasteiger partial charge on any atom is 0.317 e. The molecule has 0 aliphatic rings. The predicted molar refractivity (Wildman–Crippen MR) is 86.0 cm³/mol. The van der Waals surface area contributed by atoms with Crippen LogP contribution in [0.5, 0.6) is 0 Å². The fourth-order valence-electron chi connectivity index (χ4n) is 2.19. The van der Waals surface area contributed by atoms with E-state index in [0.717, 1.165) is 31.0 Å². The highest BCUT2D eigenvalue weighted by molar-refractivity contribution is 5.74. The summed E-state index contributed by atoms with van der Waals surface area (Å²) in [5, 5.41) is 11.9. The minimum Gasteiger partial charge on any atom is -0.396 e. The van der Waals surface area contributed by atoms with Crippen LogP contribution in [0.4, 0.5) is 13.6 Å². The number of halogens is 2. The highest BCUT2D eigenvalue weighted by atomic mass is 19.1. The maximum absolute atomic E-state index is 13.8. The Labute approximate surface area is 136 Å². The standard InChI is InChI=1S/C17H26F2N2O2/c1-12(14-10-13(18)6-7-15(14)19)21(4)16(23)20-9-5-8-17(2,3)11-22/h6-7,10,12,22H,5,8-9,11H2,1-4H3,(H,20,23). The molecule has 1 rings (SSSR count). The third-order valence-corrected chi connectivity index (χ3v) is 4.04. The van der Waals surface area contributed by atoms with E-state index in [4.69, 9.17) is 0 Å².